The first kappa shape index (κ1) is 11.2. The fraction of sp³-hybridized carbons (Fsp3) is 0.500. The van der Waals surface area contributed by atoms with Crippen molar-refractivity contribution in [1.82, 2.24) is 0 Å². The molecule has 0 radical (unpaired) electrons. The van der Waals surface area contributed by atoms with Crippen LogP contribution in [0.15, 0.2) is 12.2 Å². The van der Waals surface area contributed by atoms with E-state index in [1.54, 1.807) is 13.0 Å². The van der Waals surface area contributed by atoms with Crippen LogP contribution in [0, 0.1) is 12.3 Å². The number of rotatable bonds is 5. The quantitative estimate of drug-likeness (QED) is 0.279. The Kier molecular flexibility index (Phi) is 5.43. The summed E-state index contributed by atoms with van der Waals surface area (Å²) in [6.45, 7) is 1.81. The normalized spacial score (nSPS) is 11.7. The molecule has 68 valence electrons. The Hall–Kier alpha value is -0.790. The van der Waals surface area contributed by atoms with Crippen LogP contribution >= 0.6 is 0 Å². The molecule has 0 aliphatic rings. The van der Waals surface area contributed by atoms with Gasteiger partial charge >= 0.3 is 0 Å². The first-order valence-electron chi connectivity index (χ1n) is 3.54. The molecule has 0 spiro atoms. The molecule has 0 aliphatic carbocycles. The lowest BCUT2D eigenvalue weighted by Gasteiger charge is -1.99. The SMILES string of the molecule is C#CCCOS(=O)(=O)CC=CC. The third kappa shape index (κ3) is 5.96. The van der Waals surface area contributed by atoms with Gasteiger partial charge in [0.15, 0.2) is 0 Å². The summed E-state index contributed by atoms with van der Waals surface area (Å²) in [5.74, 6) is 2.20. The standard InChI is InChI=1S/C8H12O3S/c1-3-5-7-11-12(9,10)8-6-4-2/h1,4,6H,5,7-8H2,2H3. The van der Waals surface area contributed by atoms with Crippen LogP contribution in [-0.4, -0.2) is 20.8 Å². The highest BCUT2D eigenvalue weighted by Crippen LogP contribution is 1.95. The van der Waals surface area contributed by atoms with Gasteiger partial charge in [-0.05, 0) is 6.92 Å². The molecule has 0 aromatic carbocycles. The van der Waals surface area contributed by atoms with Gasteiger partial charge in [-0.1, -0.05) is 12.2 Å². The first-order valence-corrected chi connectivity index (χ1v) is 5.12. The van der Waals surface area contributed by atoms with E-state index in [9.17, 15) is 8.42 Å². The monoisotopic (exact) mass is 188 g/mol. The molecule has 0 unspecified atom stereocenters. The van der Waals surface area contributed by atoms with Crippen molar-refractivity contribution in [2.45, 2.75) is 13.3 Å². The van der Waals surface area contributed by atoms with E-state index in [0.29, 0.717) is 6.42 Å². The number of terminal acetylenes is 1. The lowest BCUT2D eigenvalue weighted by Crippen LogP contribution is -2.09. The maximum absolute atomic E-state index is 10.9. The highest BCUT2D eigenvalue weighted by Gasteiger charge is 2.06. The van der Waals surface area contributed by atoms with Crippen LogP contribution in [0.4, 0.5) is 0 Å². The fourth-order valence-corrected chi connectivity index (χ4v) is 1.35. The summed E-state index contributed by atoms with van der Waals surface area (Å²) < 4.78 is 26.4. The zero-order chi connectivity index (χ0) is 9.45. The Morgan fingerprint density at radius 1 is 1.58 bits per heavy atom. The zero-order valence-electron chi connectivity index (χ0n) is 6.99. The minimum atomic E-state index is -3.40. The molecule has 0 aliphatic heterocycles. The van der Waals surface area contributed by atoms with Crippen LogP contribution in [0.1, 0.15) is 13.3 Å². The Morgan fingerprint density at radius 2 is 2.25 bits per heavy atom. The molecule has 4 heteroatoms. The lowest BCUT2D eigenvalue weighted by molar-refractivity contribution is 0.328. The van der Waals surface area contributed by atoms with Crippen LogP contribution in [0.25, 0.3) is 0 Å². The van der Waals surface area contributed by atoms with E-state index >= 15 is 0 Å². The van der Waals surface area contributed by atoms with Crippen LogP contribution in [-0.2, 0) is 14.3 Å². The average molecular weight is 188 g/mol. The predicted molar refractivity (Wildman–Crippen MR) is 48.0 cm³/mol. The highest BCUT2D eigenvalue weighted by atomic mass is 32.2. The van der Waals surface area contributed by atoms with Crippen molar-refractivity contribution in [2.24, 2.45) is 0 Å². The lowest BCUT2D eigenvalue weighted by atomic mass is 10.5. The first-order chi connectivity index (χ1) is 5.62. The minimum absolute atomic E-state index is 0.0659. The van der Waals surface area contributed by atoms with Crippen LogP contribution in [0.3, 0.4) is 0 Å². The molecule has 0 saturated carbocycles. The maximum atomic E-state index is 10.9. The van der Waals surface area contributed by atoms with Crippen LogP contribution < -0.4 is 0 Å². The van der Waals surface area contributed by atoms with Crippen LogP contribution in [0.2, 0.25) is 0 Å². The summed E-state index contributed by atoms with van der Waals surface area (Å²) in [5.41, 5.74) is 0. The number of hydrogen-bond acceptors (Lipinski definition) is 3. The largest absolute Gasteiger partial charge is 0.270 e. The molecule has 0 atom stereocenters. The summed E-state index contributed by atoms with van der Waals surface area (Å²) in [6.07, 6.45) is 8.41. The molecule has 0 N–H and O–H groups in total. The molecule has 0 bridgehead atoms. The summed E-state index contributed by atoms with van der Waals surface area (Å²) in [5, 5.41) is 0. The van der Waals surface area contributed by atoms with Gasteiger partial charge < -0.3 is 0 Å². The predicted octanol–water partition coefficient (Wildman–Crippen LogP) is 0.932. The van der Waals surface area contributed by atoms with Gasteiger partial charge in [0.25, 0.3) is 10.1 Å². The minimum Gasteiger partial charge on any atom is -0.269 e. The van der Waals surface area contributed by atoms with Crippen LogP contribution in [0.5, 0.6) is 0 Å². The molecule has 0 heterocycles. The van der Waals surface area contributed by atoms with Crippen molar-refractivity contribution in [3.05, 3.63) is 12.2 Å². The van der Waals surface area contributed by atoms with E-state index in [1.807, 2.05) is 0 Å². The molecule has 0 aromatic rings. The molecule has 0 amide bonds. The van der Waals surface area contributed by atoms with Crippen molar-refractivity contribution >= 4 is 10.1 Å². The molecule has 0 rings (SSSR count). The zero-order valence-corrected chi connectivity index (χ0v) is 7.80. The van der Waals surface area contributed by atoms with Crippen molar-refractivity contribution in [2.75, 3.05) is 12.4 Å². The Labute approximate surface area is 73.6 Å². The number of allylic oxidation sites excluding steroid dienone is 1. The Bertz CT molecular complexity index is 269. The molecular formula is C8H12O3S. The van der Waals surface area contributed by atoms with Gasteiger partial charge in [0.1, 0.15) is 0 Å². The van der Waals surface area contributed by atoms with E-state index in [0.717, 1.165) is 0 Å². The van der Waals surface area contributed by atoms with Gasteiger partial charge in [0, 0.05) is 6.42 Å². The summed E-state index contributed by atoms with van der Waals surface area (Å²) in [4.78, 5) is 0. The van der Waals surface area contributed by atoms with E-state index in [1.165, 1.54) is 6.08 Å². The van der Waals surface area contributed by atoms with Gasteiger partial charge in [0.2, 0.25) is 0 Å². The average Bonchev–Trinajstić information content (AvgIpc) is 2.01. The third-order valence-corrected chi connectivity index (χ3v) is 2.17. The van der Waals surface area contributed by atoms with E-state index < -0.39 is 10.1 Å². The van der Waals surface area contributed by atoms with E-state index in [-0.39, 0.29) is 12.4 Å². The molecule has 0 saturated heterocycles. The molecule has 0 fully saturated rings. The van der Waals surface area contributed by atoms with Crippen molar-refractivity contribution in [3.63, 3.8) is 0 Å². The van der Waals surface area contributed by atoms with Crippen molar-refractivity contribution in [1.29, 1.82) is 0 Å². The van der Waals surface area contributed by atoms with E-state index in [4.69, 9.17) is 6.42 Å². The second kappa shape index (κ2) is 5.81. The molecule has 3 nitrogen and oxygen atoms in total. The summed E-state index contributed by atoms with van der Waals surface area (Å²) in [6, 6.07) is 0. The maximum Gasteiger partial charge on any atom is 0.270 e. The van der Waals surface area contributed by atoms with E-state index in [2.05, 4.69) is 10.1 Å². The van der Waals surface area contributed by atoms with Gasteiger partial charge in [-0.3, -0.25) is 4.18 Å². The van der Waals surface area contributed by atoms with Gasteiger partial charge in [-0.2, -0.15) is 8.42 Å². The smallest absolute Gasteiger partial charge is 0.269 e. The van der Waals surface area contributed by atoms with Crippen molar-refractivity contribution in [3.8, 4) is 12.3 Å². The Balaban J connectivity index is 3.82. The fourth-order valence-electron chi connectivity index (χ4n) is 0.490. The molecular weight excluding hydrogens is 176 g/mol. The topological polar surface area (TPSA) is 43.4 Å². The number of hydrogen-bond donors (Lipinski definition) is 0. The third-order valence-electron chi connectivity index (χ3n) is 1.05. The van der Waals surface area contributed by atoms with Gasteiger partial charge in [0.05, 0.1) is 12.4 Å². The van der Waals surface area contributed by atoms with Gasteiger partial charge in [-0.15, -0.1) is 12.3 Å². The molecule has 0 aromatic heterocycles. The van der Waals surface area contributed by atoms with Crippen molar-refractivity contribution < 1.29 is 12.6 Å². The molecule has 12 heavy (non-hydrogen) atoms. The second-order valence-electron chi connectivity index (χ2n) is 2.07. The Morgan fingerprint density at radius 3 is 2.75 bits per heavy atom. The second-order valence-corrected chi connectivity index (χ2v) is 3.75. The highest BCUT2D eigenvalue weighted by molar-refractivity contribution is 7.86. The van der Waals surface area contributed by atoms with Gasteiger partial charge in [-0.25, -0.2) is 0 Å². The summed E-state index contributed by atoms with van der Waals surface area (Å²) in [7, 11) is -3.40. The summed E-state index contributed by atoms with van der Waals surface area (Å²) >= 11 is 0.